The van der Waals surface area contributed by atoms with Gasteiger partial charge in [0.25, 0.3) is 10.0 Å². The molecule has 4 rings (SSSR count). The molecule has 168 valence electrons. The van der Waals surface area contributed by atoms with E-state index in [-0.39, 0.29) is 29.8 Å². The van der Waals surface area contributed by atoms with Crippen molar-refractivity contribution in [1.82, 2.24) is 24.8 Å². The summed E-state index contributed by atoms with van der Waals surface area (Å²) in [7, 11) is -5.12. The number of ketones is 1. The number of sulfonamides is 1. The molecule has 5 atom stereocenters. The van der Waals surface area contributed by atoms with Gasteiger partial charge in [-0.15, -0.1) is 0 Å². The third-order valence-electron chi connectivity index (χ3n) is 5.50. The molecule has 1 amide bonds. The van der Waals surface area contributed by atoms with Crippen LogP contribution in [-0.4, -0.2) is 85.4 Å². The van der Waals surface area contributed by atoms with Crippen molar-refractivity contribution in [1.29, 1.82) is 0 Å². The van der Waals surface area contributed by atoms with Gasteiger partial charge in [0.1, 0.15) is 30.4 Å². The number of hydrogen-bond donors (Lipinski definition) is 6. The number of carbonyl (C=O) groups is 2. The zero-order valence-corrected chi connectivity index (χ0v) is 16.6. The SMILES string of the molecule is Nc1ncnc2c1ncn2[C@]1(S(N)(=O)=O)O[C@H](CO)[C@@H](O)[C@]1(O)C(=O)[C@@H]1CCC(=O)N1. The smallest absolute Gasteiger partial charge is 0.305 e. The molecule has 0 bridgehead atoms. The zero-order valence-electron chi connectivity index (χ0n) is 15.7. The van der Waals surface area contributed by atoms with Crippen molar-refractivity contribution >= 4 is 38.7 Å². The Morgan fingerprint density at radius 1 is 1.39 bits per heavy atom. The Kier molecular flexibility index (Phi) is 4.76. The summed E-state index contributed by atoms with van der Waals surface area (Å²) >= 11 is 0. The molecule has 0 saturated carbocycles. The van der Waals surface area contributed by atoms with E-state index in [0.29, 0.717) is 4.57 Å². The number of amides is 1. The number of aliphatic hydroxyl groups is 3. The fourth-order valence-electron chi connectivity index (χ4n) is 4.06. The van der Waals surface area contributed by atoms with Crippen molar-refractivity contribution in [3.63, 3.8) is 0 Å². The van der Waals surface area contributed by atoms with Gasteiger partial charge in [-0.2, -0.15) is 0 Å². The molecule has 2 fully saturated rings. The Morgan fingerprint density at radius 2 is 2.10 bits per heavy atom. The van der Waals surface area contributed by atoms with Crippen LogP contribution in [0.5, 0.6) is 0 Å². The predicted molar refractivity (Wildman–Crippen MR) is 99.9 cm³/mol. The van der Waals surface area contributed by atoms with Gasteiger partial charge >= 0.3 is 5.06 Å². The first-order valence-electron chi connectivity index (χ1n) is 8.98. The number of nitrogens with one attached hydrogen (secondary N) is 1. The second-order valence-corrected chi connectivity index (χ2v) is 8.89. The highest BCUT2D eigenvalue weighted by Gasteiger charge is 2.77. The van der Waals surface area contributed by atoms with E-state index in [1.54, 1.807) is 0 Å². The number of carbonyl (C=O) groups excluding carboxylic acids is 2. The van der Waals surface area contributed by atoms with Gasteiger partial charge in [-0.1, -0.05) is 0 Å². The molecule has 0 aromatic carbocycles. The summed E-state index contributed by atoms with van der Waals surface area (Å²) < 4.78 is 31.9. The highest BCUT2D eigenvalue weighted by molar-refractivity contribution is 7.89. The third kappa shape index (κ3) is 2.70. The van der Waals surface area contributed by atoms with E-state index in [4.69, 9.17) is 15.6 Å². The van der Waals surface area contributed by atoms with Crippen LogP contribution >= 0.6 is 0 Å². The van der Waals surface area contributed by atoms with Gasteiger partial charge in [-0.3, -0.25) is 14.2 Å². The fourth-order valence-corrected chi connectivity index (χ4v) is 5.38. The zero-order chi connectivity index (χ0) is 22.8. The van der Waals surface area contributed by atoms with Crippen LogP contribution in [0.25, 0.3) is 11.2 Å². The Labute approximate surface area is 174 Å². The minimum Gasteiger partial charge on any atom is -0.394 e. The first-order valence-corrected chi connectivity index (χ1v) is 10.5. The monoisotopic (exact) mass is 457 g/mol. The summed E-state index contributed by atoms with van der Waals surface area (Å²) in [6, 6.07) is -1.34. The van der Waals surface area contributed by atoms with E-state index in [0.717, 1.165) is 12.7 Å². The van der Waals surface area contributed by atoms with E-state index in [1.165, 1.54) is 0 Å². The van der Waals surface area contributed by atoms with Crippen LogP contribution in [0, 0.1) is 0 Å². The van der Waals surface area contributed by atoms with Gasteiger partial charge < -0.3 is 31.1 Å². The maximum absolute atomic E-state index is 13.3. The summed E-state index contributed by atoms with van der Waals surface area (Å²) in [5, 5.41) is 36.5. The molecule has 4 heterocycles. The summed E-state index contributed by atoms with van der Waals surface area (Å²) in [5.74, 6) is -1.94. The topological polar surface area (TPSA) is 246 Å². The molecule has 31 heavy (non-hydrogen) atoms. The molecule has 0 aliphatic carbocycles. The number of Topliss-reactive ketones (excluding diaryl/α,β-unsaturated/α-hetero) is 1. The number of anilines is 1. The molecule has 2 aliphatic heterocycles. The van der Waals surface area contributed by atoms with Crippen LogP contribution in [0.4, 0.5) is 5.82 Å². The lowest BCUT2D eigenvalue weighted by Gasteiger charge is -2.40. The summed E-state index contributed by atoms with van der Waals surface area (Å²) in [6.07, 6.45) is -2.32. The van der Waals surface area contributed by atoms with Crippen LogP contribution in [0.3, 0.4) is 0 Å². The highest BCUT2D eigenvalue weighted by atomic mass is 32.2. The van der Waals surface area contributed by atoms with Crippen molar-refractivity contribution in [3.8, 4) is 0 Å². The molecule has 0 unspecified atom stereocenters. The van der Waals surface area contributed by atoms with E-state index >= 15 is 0 Å². The van der Waals surface area contributed by atoms with Gasteiger partial charge in [-0.25, -0.2) is 28.5 Å². The molecule has 0 radical (unpaired) electrons. The van der Waals surface area contributed by atoms with Gasteiger partial charge in [-0.05, 0) is 6.42 Å². The van der Waals surface area contributed by atoms with E-state index in [9.17, 15) is 33.3 Å². The number of ether oxygens (including phenoxy) is 1. The number of aliphatic hydroxyl groups excluding tert-OH is 2. The average molecular weight is 457 g/mol. The molecule has 2 saturated heterocycles. The van der Waals surface area contributed by atoms with Crippen molar-refractivity contribution in [3.05, 3.63) is 12.7 Å². The molecule has 16 heteroatoms. The third-order valence-corrected chi connectivity index (χ3v) is 6.88. The summed E-state index contributed by atoms with van der Waals surface area (Å²) in [6.45, 7) is -0.977. The van der Waals surface area contributed by atoms with Gasteiger partial charge in [0, 0.05) is 6.42 Å². The number of imidazole rings is 1. The van der Waals surface area contributed by atoms with Crippen molar-refractivity contribution in [2.45, 2.75) is 41.7 Å². The number of hydrogen-bond acceptors (Lipinski definition) is 12. The predicted octanol–water partition coefficient (Wildman–Crippen LogP) is -4.36. The van der Waals surface area contributed by atoms with Crippen molar-refractivity contribution in [2.75, 3.05) is 12.3 Å². The number of primary sulfonamides is 1. The number of nitrogens with two attached hydrogens (primary N) is 2. The Morgan fingerprint density at radius 3 is 2.68 bits per heavy atom. The second kappa shape index (κ2) is 6.87. The number of rotatable bonds is 5. The lowest BCUT2D eigenvalue weighted by atomic mass is 9.84. The first-order chi connectivity index (χ1) is 14.5. The van der Waals surface area contributed by atoms with Gasteiger partial charge in [0.2, 0.25) is 11.5 Å². The van der Waals surface area contributed by atoms with Crippen LogP contribution < -0.4 is 16.2 Å². The number of fused-ring (bicyclic) bond motifs is 1. The molecule has 8 N–H and O–H groups in total. The van der Waals surface area contributed by atoms with Crippen LogP contribution in [0.1, 0.15) is 12.8 Å². The van der Waals surface area contributed by atoms with Crippen molar-refractivity contribution < 1.29 is 38.1 Å². The lowest BCUT2D eigenvalue weighted by Crippen LogP contribution is -2.69. The lowest BCUT2D eigenvalue weighted by molar-refractivity contribution is -0.170. The molecule has 2 aromatic heterocycles. The van der Waals surface area contributed by atoms with E-state index in [2.05, 4.69) is 20.3 Å². The average Bonchev–Trinajstić information content (AvgIpc) is 3.38. The Hall–Kier alpha value is -2.76. The maximum Gasteiger partial charge on any atom is 0.305 e. The quantitative estimate of drug-likeness (QED) is 0.249. The molecule has 2 aliphatic rings. The molecule has 0 spiro atoms. The Balaban J connectivity index is 2.03. The molecular formula is C15H19N7O8S. The van der Waals surface area contributed by atoms with Crippen LogP contribution in [0.15, 0.2) is 12.7 Å². The van der Waals surface area contributed by atoms with Crippen molar-refractivity contribution in [2.24, 2.45) is 5.14 Å². The fraction of sp³-hybridized carbons (Fsp3) is 0.533. The number of nitrogens with zero attached hydrogens (tertiary/aromatic N) is 4. The molecule has 15 nitrogen and oxygen atoms in total. The Bertz CT molecular complexity index is 1190. The first kappa shape index (κ1) is 21.5. The summed E-state index contributed by atoms with van der Waals surface area (Å²) in [5.41, 5.74) is 2.07. The van der Waals surface area contributed by atoms with Crippen LogP contribution in [0.2, 0.25) is 0 Å². The van der Waals surface area contributed by atoms with Crippen LogP contribution in [-0.2, 0) is 29.4 Å². The standard InChI is InChI=1S/C15H19N7O8S/c16-12-9-13(19-4-18-12)22(5-20-9)15(31(17,28)29)14(27,11(26)7(3-23)30-15)10(25)6-1-2-8(24)21-6/h4-7,11,23,26-27H,1-3H2,(H,21,24)(H2,16,18,19)(H2,17,28,29)/t6-,7+,11+,14+,15-/m0/s1. The summed E-state index contributed by atoms with van der Waals surface area (Å²) in [4.78, 5) is 36.5. The van der Waals surface area contributed by atoms with E-state index in [1.807, 2.05) is 0 Å². The minimum absolute atomic E-state index is 0.0625. The van der Waals surface area contributed by atoms with E-state index < -0.39 is 57.2 Å². The largest absolute Gasteiger partial charge is 0.394 e. The molecular weight excluding hydrogens is 438 g/mol. The van der Waals surface area contributed by atoms with Gasteiger partial charge in [0.15, 0.2) is 17.2 Å². The molecule has 2 aromatic rings. The second-order valence-electron chi connectivity index (χ2n) is 7.25. The van der Waals surface area contributed by atoms with Gasteiger partial charge in [0.05, 0.1) is 12.6 Å². The normalized spacial score (nSPS) is 33.7. The number of nitrogen functional groups attached to an aromatic ring is 1. The maximum atomic E-state index is 13.3. The highest BCUT2D eigenvalue weighted by Crippen LogP contribution is 2.49. The minimum atomic E-state index is -5.12. The number of aromatic nitrogens is 4.